The fourth-order valence-corrected chi connectivity index (χ4v) is 5.98. The van der Waals surface area contributed by atoms with E-state index in [-0.39, 0.29) is 18.0 Å². The number of carbonyl (C=O) groups is 1. The minimum absolute atomic E-state index is 0.0828. The van der Waals surface area contributed by atoms with E-state index in [4.69, 9.17) is 4.74 Å². The number of carbonyl (C=O) groups excluding carboxylic acids is 1. The van der Waals surface area contributed by atoms with Crippen LogP contribution < -0.4 is 4.90 Å². The van der Waals surface area contributed by atoms with Crippen molar-refractivity contribution in [2.75, 3.05) is 26.2 Å². The summed E-state index contributed by atoms with van der Waals surface area (Å²) in [5.41, 5.74) is 0.237. The second kappa shape index (κ2) is 7.10. The molecule has 4 fully saturated rings. The second-order valence-corrected chi connectivity index (χ2v) is 8.59. The van der Waals surface area contributed by atoms with Gasteiger partial charge in [-0.1, -0.05) is 0 Å². The lowest BCUT2D eigenvalue weighted by molar-refractivity contribution is -0.899. The molecule has 23 heavy (non-hydrogen) atoms. The quantitative estimate of drug-likeness (QED) is 0.664. The van der Waals surface area contributed by atoms with E-state index in [9.17, 15) is 9.90 Å². The third kappa shape index (κ3) is 4.08. The van der Waals surface area contributed by atoms with E-state index >= 15 is 0 Å². The van der Waals surface area contributed by atoms with Crippen LogP contribution in [0, 0.1) is 23.2 Å². The van der Waals surface area contributed by atoms with Crippen LogP contribution in [0.2, 0.25) is 0 Å². The number of ether oxygens (including phenoxy) is 1. The Morgan fingerprint density at radius 3 is 2.13 bits per heavy atom. The minimum atomic E-state index is -0.537. The fraction of sp³-hybridized carbons (Fsp3) is 0.947. The summed E-state index contributed by atoms with van der Waals surface area (Å²) in [6, 6.07) is 0. The Hall–Kier alpha value is -0.610. The van der Waals surface area contributed by atoms with Crippen molar-refractivity contribution in [3.05, 3.63) is 0 Å². The highest BCUT2D eigenvalue weighted by Crippen LogP contribution is 2.61. The summed E-state index contributed by atoms with van der Waals surface area (Å²) in [6.45, 7) is 7.05. The number of rotatable bonds is 8. The van der Waals surface area contributed by atoms with Gasteiger partial charge >= 0.3 is 5.97 Å². The predicted octanol–water partition coefficient (Wildman–Crippen LogP) is 1.42. The molecule has 132 valence electrons. The zero-order chi connectivity index (χ0) is 16.4. The van der Waals surface area contributed by atoms with Crippen LogP contribution in [0.15, 0.2) is 0 Å². The highest BCUT2D eigenvalue weighted by Gasteiger charge is 2.51. The Morgan fingerprint density at radius 1 is 1.13 bits per heavy atom. The predicted molar refractivity (Wildman–Crippen MR) is 89.1 cm³/mol. The van der Waals surface area contributed by atoms with Crippen molar-refractivity contribution in [1.29, 1.82) is 0 Å². The fourth-order valence-electron chi connectivity index (χ4n) is 5.98. The molecule has 0 heterocycles. The van der Waals surface area contributed by atoms with Gasteiger partial charge in [-0.25, -0.2) is 0 Å². The van der Waals surface area contributed by atoms with Gasteiger partial charge in [0.05, 0.1) is 19.5 Å². The first-order valence-electron chi connectivity index (χ1n) is 9.69. The van der Waals surface area contributed by atoms with E-state index in [0.29, 0.717) is 13.0 Å². The zero-order valence-electron chi connectivity index (χ0n) is 14.9. The standard InChI is InChI=1S/C19H33NO3/c1-3-20(4-2)12-17(21)13-23-18(22)11-19-8-14-5-15(9-19)7-16(6-14)10-19/h14-17,21H,3-13H2,1-2H3/p+1/t14?,15?,16?,17-,19?/m0/s1. The molecule has 0 aromatic carbocycles. The Kier molecular flexibility index (Phi) is 5.32. The summed E-state index contributed by atoms with van der Waals surface area (Å²) in [4.78, 5) is 13.7. The molecular formula is C19H34NO3+. The smallest absolute Gasteiger partial charge is 0.306 e. The first kappa shape index (κ1) is 17.2. The third-order valence-electron chi connectivity index (χ3n) is 6.65. The molecule has 0 unspecified atom stereocenters. The number of nitrogens with one attached hydrogen (secondary N) is 1. The zero-order valence-corrected chi connectivity index (χ0v) is 14.9. The van der Waals surface area contributed by atoms with Gasteiger partial charge in [0.1, 0.15) is 19.3 Å². The maximum absolute atomic E-state index is 12.3. The summed E-state index contributed by atoms with van der Waals surface area (Å²) < 4.78 is 5.43. The molecule has 0 spiro atoms. The number of likely N-dealkylation sites (N-methyl/N-ethyl adjacent to an activating group) is 1. The second-order valence-electron chi connectivity index (χ2n) is 8.59. The van der Waals surface area contributed by atoms with Crippen molar-refractivity contribution < 1.29 is 19.5 Å². The summed E-state index contributed by atoms with van der Waals surface area (Å²) in [7, 11) is 0. The van der Waals surface area contributed by atoms with Crippen molar-refractivity contribution in [3.8, 4) is 0 Å². The number of esters is 1. The Balaban J connectivity index is 1.44. The molecule has 4 rings (SSSR count). The Bertz CT molecular complexity index is 384. The van der Waals surface area contributed by atoms with Crippen molar-refractivity contribution in [2.24, 2.45) is 23.2 Å². The molecule has 0 radical (unpaired) electrons. The van der Waals surface area contributed by atoms with Gasteiger partial charge in [-0.2, -0.15) is 0 Å². The molecule has 1 atom stereocenters. The van der Waals surface area contributed by atoms with Crippen LogP contribution in [-0.2, 0) is 9.53 Å². The van der Waals surface area contributed by atoms with Gasteiger partial charge in [-0.3, -0.25) is 4.79 Å². The topological polar surface area (TPSA) is 51.0 Å². The van der Waals surface area contributed by atoms with Crippen LogP contribution in [0.25, 0.3) is 0 Å². The molecule has 2 N–H and O–H groups in total. The van der Waals surface area contributed by atoms with Crippen molar-refractivity contribution >= 4 is 5.97 Å². The Morgan fingerprint density at radius 2 is 1.65 bits per heavy atom. The van der Waals surface area contributed by atoms with E-state index < -0.39 is 6.10 Å². The SMILES string of the molecule is CC[NH+](CC)C[C@H](O)COC(=O)CC12CC3CC(CC(C3)C1)C2. The maximum atomic E-state index is 12.3. The van der Waals surface area contributed by atoms with Crippen LogP contribution in [0.4, 0.5) is 0 Å². The van der Waals surface area contributed by atoms with E-state index in [2.05, 4.69) is 13.8 Å². The van der Waals surface area contributed by atoms with Gasteiger partial charge < -0.3 is 14.7 Å². The molecular weight excluding hydrogens is 290 g/mol. The number of quaternary nitrogens is 1. The normalized spacial score (nSPS) is 36.4. The number of hydrogen-bond acceptors (Lipinski definition) is 3. The maximum Gasteiger partial charge on any atom is 0.306 e. The van der Waals surface area contributed by atoms with Crippen LogP contribution in [0.1, 0.15) is 58.8 Å². The molecule has 0 aromatic heterocycles. The highest BCUT2D eigenvalue weighted by atomic mass is 16.5. The lowest BCUT2D eigenvalue weighted by Gasteiger charge is -2.56. The molecule has 4 bridgehead atoms. The molecule has 4 saturated carbocycles. The summed E-state index contributed by atoms with van der Waals surface area (Å²) in [5, 5.41) is 10.1. The van der Waals surface area contributed by atoms with Gasteiger partial charge in [-0.05, 0) is 75.5 Å². The minimum Gasteiger partial charge on any atom is -0.463 e. The average Bonchev–Trinajstić information content (AvgIpc) is 2.48. The first-order valence-corrected chi connectivity index (χ1v) is 9.69. The molecule has 0 amide bonds. The van der Waals surface area contributed by atoms with Crippen LogP contribution in [0.5, 0.6) is 0 Å². The summed E-state index contributed by atoms with van der Waals surface area (Å²) in [6.07, 6.45) is 7.96. The van der Waals surface area contributed by atoms with Crippen LogP contribution in [-0.4, -0.2) is 43.4 Å². The first-order chi connectivity index (χ1) is 11.0. The lowest BCUT2D eigenvalue weighted by Crippen LogP contribution is -3.12. The van der Waals surface area contributed by atoms with E-state index in [1.807, 2.05) is 0 Å². The molecule has 4 aliphatic rings. The van der Waals surface area contributed by atoms with Gasteiger partial charge in [0.2, 0.25) is 0 Å². The van der Waals surface area contributed by atoms with E-state index in [0.717, 1.165) is 30.8 Å². The monoisotopic (exact) mass is 324 g/mol. The van der Waals surface area contributed by atoms with Crippen molar-refractivity contribution in [1.82, 2.24) is 0 Å². The van der Waals surface area contributed by atoms with Gasteiger partial charge in [0.15, 0.2) is 0 Å². The molecule has 4 aliphatic carbocycles. The third-order valence-corrected chi connectivity index (χ3v) is 6.65. The number of aliphatic hydroxyl groups is 1. The lowest BCUT2D eigenvalue weighted by atomic mass is 9.49. The molecule has 0 saturated heterocycles. The molecule has 0 aromatic rings. The largest absolute Gasteiger partial charge is 0.463 e. The number of aliphatic hydroxyl groups excluding tert-OH is 1. The van der Waals surface area contributed by atoms with E-state index in [1.54, 1.807) is 0 Å². The van der Waals surface area contributed by atoms with Crippen LogP contribution in [0.3, 0.4) is 0 Å². The molecule has 0 aliphatic heterocycles. The van der Waals surface area contributed by atoms with Crippen LogP contribution >= 0.6 is 0 Å². The van der Waals surface area contributed by atoms with Crippen molar-refractivity contribution in [2.45, 2.75) is 64.9 Å². The Labute approximate surface area is 140 Å². The summed E-state index contributed by atoms with van der Waals surface area (Å²) >= 11 is 0. The highest BCUT2D eigenvalue weighted by molar-refractivity contribution is 5.70. The average molecular weight is 324 g/mol. The number of hydrogen-bond donors (Lipinski definition) is 2. The van der Waals surface area contributed by atoms with Gasteiger partial charge in [0, 0.05) is 0 Å². The van der Waals surface area contributed by atoms with Gasteiger partial charge in [0.25, 0.3) is 0 Å². The van der Waals surface area contributed by atoms with E-state index in [1.165, 1.54) is 43.4 Å². The van der Waals surface area contributed by atoms with Crippen molar-refractivity contribution in [3.63, 3.8) is 0 Å². The van der Waals surface area contributed by atoms with Gasteiger partial charge in [-0.15, -0.1) is 0 Å². The molecule has 4 nitrogen and oxygen atoms in total. The molecule has 4 heteroatoms. The summed E-state index contributed by atoms with van der Waals surface area (Å²) in [5.74, 6) is 2.52.